The first kappa shape index (κ1) is 19.2. The fourth-order valence-electron chi connectivity index (χ4n) is 3.76. The molecule has 2 amide bonds. The average molecular weight is 420 g/mol. The molecule has 3 heterocycles. The Bertz CT molecular complexity index is 1100. The molecule has 1 aromatic heterocycles. The zero-order valence-corrected chi connectivity index (χ0v) is 16.6. The van der Waals surface area contributed by atoms with Gasteiger partial charge in [-0.1, -0.05) is 18.2 Å². The third kappa shape index (κ3) is 3.73. The summed E-state index contributed by atoms with van der Waals surface area (Å²) < 4.78 is 12.8. The van der Waals surface area contributed by atoms with Crippen LogP contribution in [0.3, 0.4) is 0 Å². The number of para-hydroxylation sites is 2. The number of nitrogens with zero attached hydrogens (tertiary/aromatic N) is 6. The minimum absolute atomic E-state index is 0.126. The summed E-state index contributed by atoms with van der Waals surface area (Å²) in [4.78, 5) is 29.9. The highest BCUT2D eigenvalue weighted by atomic mass is 16.5. The molecule has 0 aliphatic carbocycles. The van der Waals surface area contributed by atoms with Crippen molar-refractivity contribution in [2.45, 2.75) is 6.10 Å². The Hall–Kier alpha value is -3.79. The number of rotatable bonds is 3. The van der Waals surface area contributed by atoms with Crippen molar-refractivity contribution in [3.05, 3.63) is 60.4 Å². The topological polar surface area (TPSA) is 103 Å². The Morgan fingerprint density at radius 3 is 2.68 bits per heavy atom. The Balaban J connectivity index is 1.45. The van der Waals surface area contributed by atoms with Gasteiger partial charge < -0.3 is 19.3 Å². The maximum absolute atomic E-state index is 13.5. The van der Waals surface area contributed by atoms with Crippen LogP contribution in [-0.2, 0) is 9.53 Å². The number of benzene rings is 2. The number of fused-ring (bicyclic) bond motifs is 1. The Labute approximate surface area is 178 Å². The number of morpholine rings is 1. The molecule has 158 valence electrons. The van der Waals surface area contributed by atoms with E-state index >= 15 is 0 Å². The summed E-state index contributed by atoms with van der Waals surface area (Å²) in [6, 6.07) is 14.3. The summed E-state index contributed by atoms with van der Waals surface area (Å²) in [6.07, 6.45) is 0.685. The monoisotopic (exact) mass is 420 g/mol. The maximum atomic E-state index is 13.5. The lowest BCUT2D eigenvalue weighted by molar-refractivity contribution is -0.142. The van der Waals surface area contributed by atoms with Crippen LogP contribution in [0, 0.1) is 0 Å². The molecule has 0 N–H and O–H groups in total. The van der Waals surface area contributed by atoms with Gasteiger partial charge >= 0.3 is 0 Å². The molecule has 0 unspecified atom stereocenters. The Kier molecular flexibility index (Phi) is 5.04. The zero-order valence-electron chi connectivity index (χ0n) is 16.6. The van der Waals surface area contributed by atoms with E-state index < -0.39 is 6.10 Å². The van der Waals surface area contributed by atoms with Crippen LogP contribution >= 0.6 is 0 Å². The number of hydrogen-bond acceptors (Lipinski definition) is 7. The van der Waals surface area contributed by atoms with E-state index in [4.69, 9.17) is 9.47 Å². The predicted molar refractivity (Wildman–Crippen MR) is 109 cm³/mol. The van der Waals surface area contributed by atoms with Gasteiger partial charge in [0.05, 0.1) is 31.1 Å². The van der Waals surface area contributed by atoms with Gasteiger partial charge in [-0.05, 0) is 40.8 Å². The van der Waals surface area contributed by atoms with Gasteiger partial charge in [0, 0.05) is 18.7 Å². The van der Waals surface area contributed by atoms with Gasteiger partial charge in [0.25, 0.3) is 11.8 Å². The van der Waals surface area contributed by atoms with Gasteiger partial charge in [-0.25, -0.2) is 4.68 Å². The van der Waals surface area contributed by atoms with Gasteiger partial charge in [-0.2, -0.15) is 0 Å². The molecule has 2 aliphatic heterocycles. The molecule has 10 heteroatoms. The molecule has 0 spiro atoms. The molecule has 2 aliphatic rings. The van der Waals surface area contributed by atoms with E-state index in [-0.39, 0.29) is 18.4 Å². The van der Waals surface area contributed by atoms with E-state index in [1.54, 1.807) is 34.1 Å². The molecule has 0 bridgehead atoms. The van der Waals surface area contributed by atoms with Crippen molar-refractivity contribution in [1.29, 1.82) is 0 Å². The summed E-state index contributed by atoms with van der Waals surface area (Å²) in [5, 5.41) is 11.1. The highest BCUT2D eigenvalue weighted by Crippen LogP contribution is 2.34. The average Bonchev–Trinajstić information content (AvgIpc) is 3.38. The summed E-state index contributed by atoms with van der Waals surface area (Å²) in [7, 11) is 0. The van der Waals surface area contributed by atoms with Crippen molar-refractivity contribution < 1.29 is 19.1 Å². The molecule has 1 saturated heterocycles. The number of aromatic nitrogens is 4. The lowest BCUT2D eigenvalue weighted by Crippen LogP contribution is -2.54. The van der Waals surface area contributed by atoms with Gasteiger partial charge in [0.1, 0.15) is 12.1 Å². The fraction of sp³-hybridized carbons (Fsp3) is 0.286. The van der Waals surface area contributed by atoms with Crippen molar-refractivity contribution in [2.75, 3.05) is 37.7 Å². The fourth-order valence-corrected chi connectivity index (χ4v) is 3.76. The standard InChI is InChI=1S/C21H20N6O4/c28-20(15-4-3-5-16(12-15)27-14-22-23-24-27)26-13-19(21(29)25-8-10-30-11-9-25)31-18-7-2-1-6-17(18)26/h1-7,12,14,19H,8-11,13H2/t19-/m0/s1. The van der Waals surface area contributed by atoms with E-state index in [2.05, 4.69) is 15.5 Å². The molecule has 0 radical (unpaired) electrons. The van der Waals surface area contributed by atoms with E-state index in [0.717, 1.165) is 0 Å². The molecule has 1 atom stereocenters. The van der Waals surface area contributed by atoms with E-state index in [9.17, 15) is 9.59 Å². The molecule has 31 heavy (non-hydrogen) atoms. The smallest absolute Gasteiger partial charge is 0.265 e. The lowest BCUT2D eigenvalue weighted by atomic mass is 10.1. The van der Waals surface area contributed by atoms with E-state index in [1.165, 1.54) is 11.0 Å². The SMILES string of the molecule is O=C([C@@H]1CN(C(=O)c2cccc(-n3cnnn3)c2)c2ccccc2O1)N1CCOCC1. The summed E-state index contributed by atoms with van der Waals surface area (Å²) in [5.74, 6) is 0.133. The van der Waals surface area contributed by atoms with Crippen LogP contribution in [-0.4, -0.2) is 75.9 Å². The molecule has 10 nitrogen and oxygen atoms in total. The molecule has 0 saturated carbocycles. The second-order valence-corrected chi connectivity index (χ2v) is 7.23. The normalized spacial score (nSPS) is 18.3. The predicted octanol–water partition coefficient (Wildman–Crippen LogP) is 0.929. The van der Waals surface area contributed by atoms with Crippen molar-refractivity contribution in [1.82, 2.24) is 25.1 Å². The molecule has 2 aromatic carbocycles. The van der Waals surface area contributed by atoms with Crippen LogP contribution in [0.5, 0.6) is 5.75 Å². The quantitative estimate of drug-likeness (QED) is 0.621. The van der Waals surface area contributed by atoms with Crippen LogP contribution in [0.2, 0.25) is 0 Å². The van der Waals surface area contributed by atoms with Crippen molar-refractivity contribution in [3.63, 3.8) is 0 Å². The summed E-state index contributed by atoms with van der Waals surface area (Å²) in [5.41, 5.74) is 1.76. The second-order valence-electron chi connectivity index (χ2n) is 7.23. The van der Waals surface area contributed by atoms with E-state index in [0.29, 0.717) is 49.0 Å². The molecule has 1 fully saturated rings. The number of ether oxygens (including phenoxy) is 2. The second kappa shape index (κ2) is 8.15. The zero-order chi connectivity index (χ0) is 21.2. The van der Waals surface area contributed by atoms with Gasteiger partial charge in [0.15, 0.2) is 6.10 Å². The van der Waals surface area contributed by atoms with E-state index in [1.807, 2.05) is 24.3 Å². The number of hydrogen-bond donors (Lipinski definition) is 0. The third-order valence-electron chi connectivity index (χ3n) is 5.32. The van der Waals surface area contributed by atoms with Crippen LogP contribution in [0.25, 0.3) is 5.69 Å². The van der Waals surface area contributed by atoms with Gasteiger partial charge in [-0.3, -0.25) is 9.59 Å². The van der Waals surface area contributed by atoms with Crippen molar-refractivity contribution in [3.8, 4) is 11.4 Å². The first-order chi connectivity index (χ1) is 15.2. The molecular weight excluding hydrogens is 400 g/mol. The van der Waals surface area contributed by atoms with Crippen LogP contribution in [0.15, 0.2) is 54.9 Å². The minimum atomic E-state index is -0.778. The Morgan fingerprint density at radius 2 is 1.87 bits per heavy atom. The highest BCUT2D eigenvalue weighted by Gasteiger charge is 2.36. The molecule has 3 aromatic rings. The highest BCUT2D eigenvalue weighted by molar-refractivity contribution is 6.08. The summed E-state index contributed by atoms with van der Waals surface area (Å²) in [6.45, 7) is 2.16. The number of carbonyl (C=O) groups excluding carboxylic acids is 2. The van der Waals surface area contributed by atoms with Gasteiger partial charge in [-0.15, -0.1) is 5.10 Å². The first-order valence-electron chi connectivity index (χ1n) is 9.98. The number of anilines is 1. The minimum Gasteiger partial charge on any atom is -0.476 e. The maximum Gasteiger partial charge on any atom is 0.265 e. The van der Waals surface area contributed by atoms with Crippen molar-refractivity contribution in [2.24, 2.45) is 0 Å². The lowest BCUT2D eigenvalue weighted by Gasteiger charge is -2.37. The largest absolute Gasteiger partial charge is 0.476 e. The number of tetrazole rings is 1. The Morgan fingerprint density at radius 1 is 1.03 bits per heavy atom. The number of carbonyl (C=O) groups is 2. The van der Waals surface area contributed by atoms with Gasteiger partial charge in [0.2, 0.25) is 0 Å². The molecule has 5 rings (SSSR count). The summed E-state index contributed by atoms with van der Waals surface area (Å²) >= 11 is 0. The molecular formula is C21H20N6O4. The van der Waals surface area contributed by atoms with Crippen molar-refractivity contribution >= 4 is 17.5 Å². The van der Waals surface area contributed by atoms with Crippen LogP contribution in [0.4, 0.5) is 5.69 Å². The third-order valence-corrected chi connectivity index (χ3v) is 5.32. The van der Waals surface area contributed by atoms with Crippen LogP contribution < -0.4 is 9.64 Å². The number of amides is 2. The first-order valence-corrected chi connectivity index (χ1v) is 9.98. The van der Waals surface area contributed by atoms with Crippen LogP contribution in [0.1, 0.15) is 10.4 Å².